The Labute approximate surface area is 333 Å². The average Bonchev–Trinajstić information content (AvgIpc) is 3.05. The van der Waals surface area contributed by atoms with Gasteiger partial charge in [0.25, 0.3) is 0 Å². The minimum Gasteiger partial charge on any atom is -0.393 e. The minimum absolute atomic E-state index is 0.197. The van der Waals surface area contributed by atoms with Gasteiger partial charge >= 0.3 is 0 Å². The summed E-state index contributed by atoms with van der Waals surface area (Å²) in [6, 6.07) is 0. The first-order valence-electron chi connectivity index (χ1n) is 23.6. The van der Waals surface area contributed by atoms with E-state index in [0.717, 1.165) is 64.6 Å². The van der Waals surface area contributed by atoms with Gasteiger partial charge in [-0.1, -0.05) is 145 Å². The molecule has 0 heterocycles. The molecule has 0 aromatic heterocycles. The highest BCUT2D eigenvalue weighted by Gasteiger charge is 2.21. The molecular formula is C48H98O5. The summed E-state index contributed by atoms with van der Waals surface area (Å²) >= 11 is 0. The third-order valence-electron chi connectivity index (χ3n) is 11.4. The smallest absolute Gasteiger partial charge is 0.160 e. The fraction of sp³-hybridized carbons (Fsp3) is 1.00. The molecule has 0 aliphatic heterocycles. The highest BCUT2D eigenvalue weighted by atomic mass is 16.8. The Morgan fingerprint density at radius 2 is 0.642 bits per heavy atom. The molecular weight excluding hydrogens is 657 g/mol. The third-order valence-corrected chi connectivity index (χ3v) is 11.4. The van der Waals surface area contributed by atoms with E-state index in [1.165, 1.54) is 116 Å². The summed E-state index contributed by atoms with van der Waals surface area (Å²) in [6.45, 7) is 24.1. The molecule has 0 saturated heterocycles. The molecule has 10 unspecified atom stereocenters. The quantitative estimate of drug-likeness (QED) is 0.0482. The summed E-state index contributed by atoms with van der Waals surface area (Å²) < 4.78 is 19.9. The van der Waals surface area contributed by atoms with Gasteiger partial charge in [0, 0.05) is 13.2 Å². The molecule has 0 spiro atoms. The van der Waals surface area contributed by atoms with E-state index in [4.69, 9.17) is 14.2 Å². The molecule has 0 radical (unpaired) electrons. The maximum atomic E-state index is 9.80. The van der Waals surface area contributed by atoms with Gasteiger partial charge in [-0.05, 0) is 126 Å². The molecule has 0 aliphatic rings. The fourth-order valence-electron chi connectivity index (χ4n) is 8.90. The Morgan fingerprint density at radius 1 is 0.340 bits per heavy atom. The van der Waals surface area contributed by atoms with Gasteiger partial charge in [0.2, 0.25) is 0 Å². The number of rotatable bonds is 40. The first-order valence-corrected chi connectivity index (χ1v) is 23.6. The van der Waals surface area contributed by atoms with E-state index >= 15 is 0 Å². The standard InChI is InChI=1S/C48H98O5/c1-11-13-15-17-19-21-23-31-51-47(29-25-27-39(3)33-41(5)35-43(7)37-45(9)49)53-48(52-32-24-22-20-18-16-14-12-2)30-26-28-40(4)34-42(6)36-44(8)38-46(10)50/h39-50H,11-38H2,1-10H3. The lowest BCUT2D eigenvalue weighted by Crippen LogP contribution is -2.28. The molecule has 53 heavy (non-hydrogen) atoms. The molecule has 0 bridgehead atoms. The molecule has 5 nitrogen and oxygen atoms in total. The van der Waals surface area contributed by atoms with Gasteiger partial charge in [0.05, 0.1) is 12.2 Å². The Balaban J connectivity index is 5.24. The highest BCUT2D eigenvalue weighted by molar-refractivity contribution is 4.68. The molecule has 5 heteroatoms. The van der Waals surface area contributed by atoms with E-state index in [0.29, 0.717) is 35.5 Å². The first-order chi connectivity index (χ1) is 25.4. The summed E-state index contributed by atoms with van der Waals surface area (Å²) in [5, 5.41) is 19.6. The van der Waals surface area contributed by atoms with Crippen molar-refractivity contribution in [2.45, 2.75) is 261 Å². The Kier molecular flexibility index (Phi) is 36.0. The molecule has 10 atom stereocenters. The Hall–Kier alpha value is -0.200. The maximum Gasteiger partial charge on any atom is 0.160 e. The van der Waals surface area contributed by atoms with Crippen LogP contribution in [0.25, 0.3) is 0 Å². The van der Waals surface area contributed by atoms with Gasteiger partial charge in [-0.15, -0.1) is 0 Å². The largest absolute Gasteiger partial charge is 0.393 e. The molecule has 2 N–H and O–H groups in total. The predicted octanol–water partition coefficient (Wildman–Crippen LogP) is 14.4. The van der Waals surface area contributed by atoms with Crippen LogP contribution in [-0.2, 0) is 14.2 Å². The van der Waals surface area contributed by atoms with Crippen molar-refractivity contribution in [1.82, 2.24) is 0 Å². The molecule has 0 amide bonds. The van der Waals surface area contributed by atoms with E-state index in [1.54, 1.807) is 0 Å². The molecule has 0 aromatic rings. The summed E-state index contributed by atoms with van der Waals surface area (Å²) in [5.41, 5.74) is 0. The maximum absolute atomic E-state index is 9.80. The van der Waals surface area contributed by atoms with Gasteiger partial charge in [0.1, 0.15) is 0 Å². The van der Waals surface area contributed by atoms with Crippen LogP contribution in [0.2, 0.25) is 0 Å². The average molecular weight is 755 g/mol. The van der Waals surface area contributed by atoms with Gasteiger partial charge in [-0.2, -0.15) is 0 Å². The number of unbranched alkanes of at least 4 members (excludes halogenated alkanes) is 12. The van der Waals surface area contributed by atoms with Crippen LogP contribution in [0, 0.1) is 35.5 Å². The monoisotopic (exact) mass is 755 g/mol. The summed E-state index contributed by atoms with van der Waals surface area (Å²) in [6.07, 6.45) is 30.4. The van der Waals surface area contributed by atoms with Crippen LogP contribution in [-0.4, -0.2) is 48.2 Å². The van der Waals surface area contributed by atoms with Crippen LogP contribution in [0.15, 0.2) is 0 Å². The second-order valence-corrected chi connectivity index (χ2v) is 18.6. The third kappa shape index (κ3) is 35.9. The predicted molar refractivity (Wildman–Crippen MR) is 230 cm³/mol. The normalized spacial score (nSPS) is 17.9. The van der Waals surface area contributed by atoms with Crippen LogP contribution in [0.5, 0.6) is 0 Å². The van der Waals surface area contributed by atoms with E-state index in [2.05, 4.69) is 55.4 Å². The van der Waals surface area contributed by atoms with E-state index in [-0.39, 0.29) is 24.8 Å². The van der Waals surface area contributed by atoms with Crippen molar-refractivity contribution < 1.29 is 24.4 Å². The fourth-order valence-corrected chi connectivity index (χ4v) is 8.90. The Morgan fingerprint density at radius 3 is 0.981 bits per heavy atom. The number of ether oxygens (including phenoxy) is 3. The van der Waals surface area contributed by atoms with E-state index in [9.17, 15) is 10.2 Å². The summed E-state index contributed by atoms with van der Waals surface area (Å²) in [7, 11) is 0. The lowest BCUT2D eigenvalue weighted by atomic mass is 9.86. The molecule has 0 aliphatic carbocycles. The topological polar surface area (TPSA) is 68.2 Å². The van der Waals surface area contributed by atoms with Crippen LogP contribution < -0.4 is 0 Å². The zero-order valence-corrected chi connectivity index (χ0v) is 37.7. The van der Waals surface area contributed by atoms with Crippen molar-refractivity contribution in [1.29, 1.82) is 0 Å². The number of aliphatic hydroxyl groups excluding tert-OH is 2. The van der Waals surface area contributed by atoms with Crippen LogP contribution in [0.4, 0.5) is 0 Å². The summed E-state index contributed by atoms with van der Waals surface area (Å²) in [4.78, 5) is 0. The van der Waals surface area contributed by atoms with Crippen molar-refractivity contribution in [3.8, 4) is 0 Å². The van der Waals surface area contributed by atoms with Crippen molar-refractivity contribution >= 4 is 0 Å². The van der Waals surface area contributed by atoms with Gasteiger partial charge in [-0.25, -0.2) is 0 Å². The number of aliphatic hydroxyl groups is 2. The SMILES string of the molecule is CCCCCCCCCOC(CCCC(C)CC(C)CC(C)CC(C)O)OC(CCCC(C)CC(C)CC(C)CC(C)O)OCCCCCCCCC. The molecule has 0 fully saturated rings. The minimum atomic E-state index is -0.205. The van der Waals surface area contributed by atoms with E-state index in [1.807, 2.05) is 13.8 Å². The van der Waals surface area contributed by atoms with Gasteiger partial charge < -0.3 is 24.4 Å². The molecule has 0 aromatic carbocycles. The zero-order valence-electron chi connectivity index (χ0n) is 37.7. The van der Waals surface area contributed by atoms with Crippen molar-refractivity contribution in [2.24, 2.45) is 35.5 Å². The van der Waals surface area contributed by atoms with Crippen molar-refractivity contribution in [3.05, 3.63) is 0 Å². The second kappa shape index (κ2) is 36.2. The molecule has 0 rings (SSSR count). The van der Waals surface area contributed by atoms with E-state index < -0.39 is 0 Å². The lowest BCUT2D eigenvalue weighted by molar-refractivity contribution is -0.250. The summed E-state index contributed by atoms with van der Waals surface area (Å²) in [5.74, 6) is 3.86. The van der Waals surface area contributed by atoms with Crippen molar-refractivity contribution in [2.75, 3.05) is 13.2 Å². The number of hydrogen-bond acceptors (Lipinski definition) is 5. The zero-order chi connectivity index (χ0) is 39.7. The van der Waals surface area contributed by atoms with Gasteiger partial charge in [-0.3, -0.25) is 0 Å². The molecule has 320 valence electrons. The first kappa shape index (κ1) is 52.8. The van der Waals surface area contributed by atoms with Gasteiger partial charge in [0.15, 0.2) is 12.6 Å². The van der Waals surface area contributed by atoms with Crippen LogP contribution in [0.3, 0.4) is 0 Å². The Bertz CT molecular complexity index is 683. The van der Waals surface area contributed by atoms with Crippen LogP contribution >= 0.6 is 0 Å². The number of hydrogen-bond donors (Lipinski definition) is 2. The molecule has 0 saturated carbocycles. The second-order valence-electron chi connectivity index (χ2n) is 18.6. The van der Waals surface area contributed by atoms with Crippen molar-refractivity contribution in [3.63, 3.8) is 0 Å². The highest BCUT2D eigenvalue weighted by Crippen LogP contribution is 2.28. The lowest BCUT2D eigenvalue weighted by Gasteiger charge is -2.27. The van der Waals surface area contributed by atoms with Crippen LogP contribution in [0.1, 0.15) is 236 Å².